The van der Waals surface area contributed by atoms with E-state index in [-0.39, 0.29) is 0 Å². The molecule has 122 valence electrons. The summed E-state index contributed by atoms with van der Waals surface area (Å²) in [4.78, 5) is 8.87. The van der Waals surface area contributed by atoms with Crippen LogP contribution in [0.4, 0.5) is 5.13 Å². The minimum absolute atomic E-state index is 0.372. The Morgan fingerprint density at radius 1 is 0.960 bits per heavy atom. The first kappa shape index (κ1) is 14.6. The molecule has 0 radical (unpaired) electrons. The smallest absolute Gasteiger partial charge is 0.184 e. The van der Waals surface area contributed by atoms with Gasteiger partial charge in [-0.3, -0.25) is 4.98 Å². The van der Waals surface area contributed by atoms with Crippen molar-refractivity contribution in [3.05, 3.63) is 78.1 Å². The van der Waals surface area contributed by atoms with E-state index in [2.05, 4.69) is 52.8 Å². The molecule has 0 saturated heterocycles. The van der Waals surface area contributed by atoms with Crippen LogP contribution >= 0.6 is 11.3 Å². The van der Waals surface area contributed by atoms with E-state index in [1.54, 1.807) is 11.3 Å². The van der Waals surface area contributed by atoms with Gasteiger partial charge in [0.15, 0.2) is 5.13 Å². The van der Waals surface area contributed by atoms with Gasteiger partial charge in [-0.25, -0.2) is 4.98 Å². The summed E-state index contributed by atoms with van der Waals surface area (Å²) >= 11 is 1.73. The summed E-state index contributed by atoms with van der Waals surface area (Å²) in [5.41, 5.74) is 6.32. The van der Waals surface area contributed by atoms with Crippen molar-refractivity contribution in [1.29, 1.82) is 0 Å². The van der Waals surface area contributed by atoms with E-state index < -0.39 is 0 Å². The molecule has 0 saturated carbocycles. The summed E-state index contributed by atoms with van der Waals surface area (Å²) in [6, 6.07) is 19.6. The molecular formula is C21H17N3S. The standard InChI is InChI=1S/C21H17N3S/c1-2-4-17-15(3-1)5-7-18(17)23-21-24-19-8-6-16(13-20(19)25-21)14-9-11-22-12-10-14/h1-4,6,8-13,18H,5,7H2,(H,23,24)/t18-/m0/s1. The highest BCUT2D eigenvalue weighted by Crippen LogP contribution is 2.36. The minimum atomic E-state index is 0.372. The van der Waals surface area contributed by atoms with Crippen LogP contribution in [0.1, 0.15) is 23.6 Å². The maximum Gasteiger partial charge on any atom is 0.184 e. The number of fused-ring (bicyclic) bond motifs is 2. The number of anilines is 1. The number of nitrogens with zero attached hydrogens (tertiary/aromatic N) is 2. The van der Waals surface area contributed by atoms with Gasteiger partial charge in [0, 0.05) is 12.4 Å². The molecule has 25 heavy (non-hydrogen) atoms. The number of aromatic nitrogens is 2. The molecule has 5 rings (SSSR count). The first-order chi connectivity index (χ1) is 12.4. The predicted molar refractivity (Wildman–Crippen MR) is 104 cm³/mol. The summed E-state index contributed by atoms with van der Waals surface area (Å²) in [5, 5.41) is 4.65. The zero-order valence-corrected chi connectivity index (χ0v) is 14.5. The fourth-order valence-electron chi connectivity index (χ4n) is 3.57. The Hall–Kier alpha value is -2.72. The first-order valence-electron chi connectivity index (χ1n) is 8.52. The molecule has 0 amide bonds. The fourth-order valence-corrected chi connectivity index (χ4v) is 4.52. The van der Waals surface area contributed by atoms with Crippen molar-refractivity contribution in [2.24, 2.45) is 0 Å². The normalized spacial score (nSPS) is 16.1. The van der Waals surface area contributed by atoms with Crippen molar-refractivity contribution >= 4 is 26.7 Å². The van der Waals surface area contributed by atoms with Crippen LogP contribution in [0.5, 0.6) is 0 Å². The molecule has 0 spiro atoms. The molecule has 0 aliphatic heterocycles. The van der Waals surface area contributed by atoms with Crippen molar-refractivity contribution in [1.82, 2.24) is 9.97 Å². The van der Waals surface area contributed by atoms with Gasteiger partial charge in [-0.05, 0) is 59.4 Å². The lowest BCUT2D eigenvalue weighted by atomic mass is 10.1. The van der Waals surface area contributed by atoms with E-state index in [4.69, 9.17) is 4.98 Å². The number of aryl methyl sites for hydroxylation is 1. The van der Waals surface area contributed by atoms with Gasteiger partial charge >= 0.3 is 0 Å². The maximum atomic E-state index is 4.78. The average Bonchev–Trinajstić information content (AvgIpc) is 3.26. The Kier molecular flexibility index (Phi) is 3.49. The molecule has 1 aliphatic carbocycles. The van der Waals surface area contributed by atoms with Crippen LogP contribution < -0.4 is 5.32 Å². The molecular weight excluding hydrogens is 326 g/mol. The van der Waals surface area contributed by atoms with Crippen LogP contribution in [-0.4, -0.2) is 9.97 Å². The molecule has 4 aromatic rings. The molecule has 2 heterocycles. The van der Waals surface area contributed by atoms with Gasteiger partial charge in [0.2, 0.25) is 0 Å². The van der Waals surface area contributed by atoms with Gasteiger partial charge in [0.25, 0.3) is 0 Å². The second kappa shape index (κ2) is 5.97. The lowest BCUT2D eigenvalue weighted by molar-refractivity contribution is 0.761. The quantitative estimate of drug-likeness (QED) is 0.537. The highest BCUT2D eigenvalue weighted by Gasteiger charge is 2.22. The molecule has 3 nitrogen and oxygen atoms in total. The molecule has 2 aromatic carbocycles. The number of benzene rings is 2. The summed E-state index contributed by atoms with van der Waals surface area (Å²) in [6.45, 7) is 0. The zero-order valence-electron chi connectivity index (χ0n) is 13.6. The van der Waals surface area contributed by atoms with Crippen LogP contribution in [0.15, 0.2) is 67.0 Å². The molecule has 1 N–H and O–H groups in total. The fraction of sp³-hybridized carbons (Fsp3) is 0.143. The van der Waals surface area contributed by atoms with E-state index in [0.29, 0.717) is 6.04 Å². The van der Waals surface area contributed by atoms with Gasteiger partial charge in [-0.15, -0.1) is 0 Å². The summed E-state index contributed by atoms with van der Waals surface area (Å²) in [5.74, 6) is 0. The largest absolute Gasteiger partial charge is 0.355 e. The van der Waals surface area contributed by atoms with E-state index >= 15 is 0 Å². The van der Waals surface area contributed by atoms with Crippen LogP contribution in [0, 0.1) is 0 Å². The molecule has 2 aromatic heterocycles. The van der Waals surface area contributed by atoms with Gasteiger partial charge in [-0.1, -0.05) is 41.7 Å². The summed E-state index contributed by atoms with van der Waals surface area (Å²) in [7, 11) is 0. The second-order valence-corrected chi connectivity index (χ2v) is 7.40. The second-order valence-electron chi connectivity index (χ2n) is 6.37. The molecule has 0 unspecified atom stereocenters. The Morgan fingerprint density at radius 3 is 2.76 bits per heavy atom. The molecule has 4 heteroatoms. The zero-order chi connectivity index (χ0) is 16.6. The van der Waals surface area contributed by atoms with Gasteiger partial charge in [-0.2, -0.15) is 0 Å². The topological polar surface area (TPSA) is 37.8 Å². The Balaban J connectivity index is 1.45. The predicted octanol–water partition coefficient (Wildman–Crippen LogP) is 5.46. The van der Waals surface area contributed by atoms with Crippen molar-refractivity contribution < 1.29 is 0 Å². The van der Waals surface area contributed by atoms with Gasteiger partial charge in [0.05, 0.1) is 16.3 Å². The number of rotatable bonds is 3. The number of pyridine rings is 1. The minimum Gasteiger partial charge on any atom is -0.355 e. The molecule has 0 bridgehead atoms. The Labute approximate surface area is 150 Å². The highest BCUT2D eigenvalue weighted by molar-refractivity contribution is 7.22. The lowest BCUT2D eigenvalue weighted by Gasteiger charge is -2.12. The number of hydrogen-bond acceptors (Lipinski definition) is 4. The van der Waals surface area contributed by atoms with Crippen LogP contribution in [0.25, 0.3) is 21.3 Å². The first-order valence-corrected chi connectivity index (χ1v) is 9.34. The maximum absolute atomic E-state index is 4.78. The van der Waals surface area contributed by atoms with Crippen LogP contribution in [0.2, 0.25) is 0 Å². The van der Waals surface area contributed by atoms with Crippen molar-refractivity contribution in [2.45, 2.75) is 18.9 Å². The Bertz CT molecular complexity index is 1040. The summed E-state index contributed by atoms with van der Waals surface area (Å²) in [6.07, 6.45) is 5.94. The molecule has 1 aliphatic rings. The molecule has 0 fully saturated rings. The van der Waals surface area contributed by atoms with E-state index in [9.17, 15) is 0 Å². The highest BCUT2D eigenvalue weighted by atomic mass is 32.1. The lowest BCUT2D eigenvalue weighted by Crippen LogP contribution is -2.06. The van der Waals surface area contributed by atoms with Crippen molar-refractivity contribution in [2.75, 3.05) is 5.32 Å². The monoisotopic (exact) mass is 343 g/mol. The average molecular weight is 343 g/mol. The third kappa shape index (κ3) is 2.68. The number of nitrogens with one attached hydrogen (secondary N) is 1. The SMILES string of the molecule is c1ccc2c(c1)CC[C@@H]2Nc1nc2ccc(-c3ccncc3)cc2s1. The third-order valence-corrected chi connectivity index (χ3v) is 5.78. The van der Waals surface area contributed by atoms with Gasteiger partial charge < -0.3 is 5.32 Å². The van der Waals surface area contributed by atoms with E-state index in [1.807, 2.05) is 24.5 Å². The summed E-state index contributed by atoms with van der Waals surface area (Å²) < 4.78 is 1.21. The van der Waals surface area contributed by atoms with Crippen LogP contribution in [0.3, 0.4) is 0 Å². The van der Waals surface area contributed by atoms with Crippen molar-refractivity contribution in [3.8, 4) is 11.1 Å². The number of thiazole rings is 1. The van der Waals surface area contributed by atoms with Gasteiger partial charge in [0.1, 0.15) is 0 Å². The van der Waals surface area contributed by atoms with Crippen molar-refractivity contribution in [3.63, 3.8) is 0 Å². The molecule has 1 atom stereocenters. The van der Waals surface area contributed by atoms with Crippen LogP contribution in [-0.2, 0) is 6.42 Å². The van der Waals surface area contributed by atoms with E-state index in [1.165, 1.54) is 27.0 Å². The van der Waals surface area contributed by atoms with E-state index in [0.717, 1.165) is 23.5 Å². The number of hydrogen-bond donors (Lipinski definition) is 1. The third-order valence-electron chi connectivity index (χ3n) is 4.83. The Morgan fingerprint density at radius 2 is 1.84 bits per heavy atom.